The Morgan fingerprint density at radius 3 is 0.569 bits per heavy atom. The van der Waals surface area contributed by atoms with Gasteiger partial charge in [0.2, 0.25) is 0 Å². The number of unbranched alkanes of at least 4 members (excludes halogenated alkanes) is 49. The molecule has 348 valence electrons. The highest BCUT2D eigenvalue weighted by atomic mass is 16.5. The zero-order valence-electron chi connectivity index (χ0n) is 40.8. The highest BCUT2D eigenvalue weighted by Crippen LogP contribution is 2.18. The van der Waals surface area contributed by atoms with Gasteiger partial charge in [-0.1, -0.05) is 328 Å². The Morgan fingerprint density at radius 2 is 0.379 bits per heavy atom. The first-order valence-corrected chi connectivity index (χ1v) is 28.0. The standard InChI is InChI=1S/C56H112O2/c1-3-5-7-9-11-13-15-17-19-20-21-22-23-24-25-26-27-28-29-30-31-32-33-34-35-36-37-38-39-40-41-42-44-46-48-50-52-54-56(57)58-55-53-51-49-47-45-43-18-16-14-12-10-8-6-4-2/h3-55H2,1-2H3. The zero-order chi connectivity index (χ0) is 41.8. The second kappa shape index (κ2) is 54.5. The Kier molecular flexibility index (Phi) is 54.0. The molecule has 0 aromatic carbocycles. The maximum atomic E-state index is 12.0. The van der Waals surface area contributed by atoms with Crippen molar-refractivity contribution in [2.75, 3.05) is 6.61 Å². The average Bonchev–Trinajstić information content (AvgIpc) is 3.23. The summed E-state index contributed by atoms with van der Waals surface area (Å²) in [6.45, 7) is 5.24. The monoisotopic (exact) mass is 817 g/mol. The van der Waals surface area contributed by atoms with Gasteiger partial charge >= 0.3 is 5.97 Å². The lowest BCUT2D eigenvalue weighted by Crippen LogP contribution is -2.05. The van der Waals surface area contributed by atoms with Gasteiger partial charge in [0.15, 0.2) is 0 Å². The van der Waals surface area contributed by atoms with Crippen LogP contribution in [0.2, 0.25) is 0 Å². The Bertz CT molecular complexity index is 717. The molecule has 0 N–H and O–H groups in total. The number of rotatable bonds is 53. The fraction of sp³-hybridized carbons (Fsp3) is 0.982. The van der Waals surface area contributed by atoms with E-state index in [0.29, 0.717) is 13.0 Å². The van der Waals surface area contributed by atoms with E-state index in [1.54, 1.807) is 0 Å². The minimum Gasteiger partial charge on any atom is -0.466 e. The van der Waals surface area contributed by atoms with Crippen LogP contribution in [0, 0.1) is 0 Å². The molecular formula is C56H112O2. The van der Waals surface area contributed by atoms with E-state index in [4.69, 9.17) is 4.74 Å². The Balaban J connectivity index is 3.12. The zero-order valence-corrected chi connectivity index (χ0v) is 40.8. The molecule has 0 aliphatic rings. The van der Waals surface area contributed by atoms with E-state index in [0.717, 1.165) is 12.8 Å². The van der Waals surface area contributed by atoms with Crippen LogP contribution in [0.1, 0.15) is 348 Å². The molecule has 0 heterocycles. The number of hydrogen-bond donors (Lipinski definition) is 0. The fourth-order valence-corrected chi connectivity index (χ4v) is 9.08. The Labute approximate surface area is 368 Å². The molecule has 0 aromatic heterocycles. The van der Waals surface area contributed by atoms with Gasteiger partial charge in [-0.05, 0) is 12.8 Å². The molecule has 2 nitrogen and oxygen atoms in total. The van der Waals surface area contributed by atoms with Gasteiger partial charge in [0.1, 0.15) is 0 Å². The first-order chi connectivity index (χ1) is 28.8. The summed E-state index contributed by atoms with van der Waals surface area (Å²) in [5.41, 5.74) is 0. The molecule has 2 heteroatoms. The van der Waals surface area contributed by atoms with Crippen LogP contribution in [0.15, 0.2) is 0 Å². The van der Waals surface area contributed by atoms with E-state index in [9.17, 15) is 4.79 Å². The molecule has 0 unspecified atom stereocenters. The summed E-state index contributed by atoms with van der Waals surface area (Å²) in [5, 5.41) is 0. The van der Waals surface area contributed by atoms with Crippen LogP contribution in [0.25, 0.3) is 0 Å². The second-order valence-electron chi connectivity index (χ2n) is 19.3. The van der Waals surface area contributed by atoms with Crippen LogP contribution in [0.4, 0.5) is 0 Å². The molecule has 58 heavy (non-hydrogen) atoms. The van der Waals surface area contributed by atoms with Crippen molar-refractivity contribution in [2.24, 2.45) is 0 Å². The predicted molar refractivity (Wildman–Crippen MR) is 262 cm³/mol. The highest BCUT2D eigenvalue weighted by Gasteiger charge is 2.03. The largest absolute Gasteiger partial charge is 0.466 e. The minimum atomic E-state index is 0.0333. The van der Waals surface area contributed by atoms with Crippen molar-refractivity contribution in [1.82, 2.24) is 0 Å². The van der Waals surface area contributed by atoms with E-state index in [2.05, 4.69) is 13.8 Å². The van der Waals surface area contributed by atoms with Gasteiger partial charge in [0.05, 0.1) is 6.61 Å². The lowest BCUT2D eigenvalue weighted by Gasteiger charge is -2.06. The van der Waals surface area contributed by atoms with Crippen molar-refractivity contribution in [3.8, 4) is 0 Å². The first kappa shape index (κ1) is 57.5. The number of hydrogen-bond acceptors (Lipinski definition) is 2. The summed E-state index contributed by atoms with van der Waals surface area (Å²) < 4.78 is 5.48. The highest BCUT2D eigenvalue weighted by molar-refractivity contribution is 5.69. The van der Waals surface area contributed by atoms with Crippen molar-refractivity contribution in [3.63, 3.8) is 0 Å². The molecule has 0 saturated carbocycles. The molecule has 0 radical (unpaired) electrons. The quantitative estimate of drug-likeness (QED) is 0.0451. The van der Waals surface area contributed by atoms with Crippen molar-refractivity contribution >= 4 is 5.97 Å². The van der Waals surface area contributed by atoms with Crippen LogP contribution in [0.5, 0.6) is 0 Å². The summed E-state index contributed by atoms with van der Waals surface area (Å²) in [7, 11) is 0. The van der Waals surface area contributed by atoms with Gasteiger partial charge in [-0.25, -0.2) is 0 Å². The molecule has 0 spiro atoms. The van der Waals surface area contributed by atoms with E-state index >= 15 is 0 Å². The predicted octanol–water partition coefficient (Wildman–Crippen LogP) is 20.9. The number of esters is 1. The number of ether oxygens (including phenoxy) is 1. The summed E-state index contributed by atoms with van der Waals surface area (Å²) in [4.78, 5) is 12.0. The fourth-order valence-electron chi connectivity index (χ4n) is 9.08. The van der Waals surface area contributed by atoms with Gasteiger partial charge in [0.25, 0.3) is 0 Å². The lowest BCUT2D eigenvalue weighted by molar-refractivity contribution is -0.143. The van der Waals surface area contributed by atoms with Crippen molar-refractivity contribution < 1.29 is 9.53 Å². The van der Waals surface area contributed by atoms with Crippen LogP contribution < -0.4 is 0 Å². The third-order valence-corrected chi connectivity index (χ3v) is 13.2. The van der Waals surface area contributed by atoms with Gasteiger partial charge in [0, 0.05) is 6.42 Å². The molecule has 0 amide bonds. The third kappa shape index (κ3) is 53.5. The van der Waals surface area contributed by atoms with Gasteiger partial charge in [-0.2, -0.15) is 0 Å². The topological polar surface area (TPSA) is 26.3 Å². The SMILES string of the molecule is CCCCCCCCCCCCCCCCCCCCCCCCCCCCCCCCCCCCCCCC(=O)OCCCCCCCCCCCCCCCC. The molecule has 0 bridgehead atoms. The second-order valence-corrected chi connectivity index (χ2v) is 19.3. The van der Waals surface area contributed by atoms with Gasteiger partial charge < -0.3 is 4.74 Å². The molecule has 0 fully saturated rings. The minimum absolute atomic E-state index is 0.0333. The van der Waals surface area contributed by atoms with E-state index < -0.39 is 0 Å². The lowest BCUT2D eigenvalue weighted by atomic mass is 10.0. The molecular weight excluding hydrogens is 705 g/mol. The first-order valence-electron chi connectivity index (χ1n) is 28.0. The van der Waals surface area contributed by atoms with Crippen LogP contribution in [0.3, 0.4) is 0 Å². The number of carbonyl (C=O) groups excluding carboxylic acids is 1. The molecule has 0 aromatic rings. The van der Waals surface area contributed by atoms with Crippen LogP contribution in [-0.2, 0) is 9.53 Å². The summed E-state index contributed by atoms with van der Waals surface area (Å²) in [6, 6.07) is 0. The molecule has 0 saturated heterocycles. The Morgan fingerprint density at radius 1 is 0.224 bits per heavy atom. The third-order valence-electron chi connectivity index (χ3n) is 13.2. The van der Waals surface area contributed by atoms with Crippen molar-refractivity contribution in [1.29, 1.82) is 0 Å². The maximum Gasteiger partial charge on any atom is 0.305 e. The molecule has 0 aliphatic carbocycles. The Hall–Kier alpha value is -0.530. The average molecular weight is 818 g/mol. The summed E-state index contributed by atoms with van der Waals surface area (Å²) >= 11 is 0. The van der Waals surface area contributed by atoms with E-state index in [1.807, 2.05) is 0 Å². The van der Waals surface area contributed by atoms with Crippen molar-refractivity contribution in [2.45, 2.75) is 348 Å². The molecule has 0 atom stereocenters. The van der Waals surface area contributed by atoms with Gasteiger partial charge in [-0.3, -0.25) is 4.79 Å². The van der Waals surface area contributed by atoms with Crippen molar-refractivity contribution in [3.05, 3.63) is 0 Å². The number of carbonyl (C=O) groups is 1. The van der Waals surface area contributed by atoms with Gasteiger partial charge in [-0.15, -0.1) is 0 Å². The molecule has 0 rings (SSSR count). The van der Waals surface area contributed by atoms with E-state index in [1.165, 1.54) is 315 Å². The summed E-state index contributed by atoms with van der Waals surface area (Å²) in [6.07, 6.45) is 72.9. The van der Waals surface area contributed by atoms with E-state index in [-0.39, 0.29) is 5.97 Å². The van der Waals surface area contributed by atoms with Crippen LogP contribution >= 0.6 is 0 Å². The normalized spacial score (nSPS) is 11.6. The van der Waals surface area contributed by atoms with Crippen LogP contribution in [-0.4, -0.2) is 12.6 Å². The summed E-state index contributed by atoms with van der Waals surface area (Å²) in [5.74, 6) is 0.0333. The molecule has 0 aliphatic heterocycles. The smallest absolute Gasteiger partial charge is 0.305 e. The maximum absolute atomic E-state index is 12.0.